The monoisotopic (exact) mass is 630 g/mol. The van der Waals surface area contributed by atoms with Gasteiger partial charge in [0, 0.05) is 27.8 Å². The van der Waals surface area contributed by atoms with E-state index >= 15 is 0 Å². The van der Waals surface area contributed by atoms with Crippen LogP contribution >= 0.6 is 22.6 Å². The summed E-state index contributed by atoms with van der Waals surface area (Å²) in [6, 6.07) is 6.65. The third kappa shape index (κ3) is 10.6. The second-order valence-electron chi connectivity index (χ2n) is 10.8. The fraction of sp³-hybridized carbons (Fsp3) is 0.630. The summed E-state index contributed by atoms with van der Waals surface area (Å²) in [5.41, 5.74) is 9.51. The second kappa shape index (κ2) is 13.6. The van der Waals surface area contributed by atoms with E-state index in [1.807, 2.05) is 20.8 Å². The van der Waals surface area contributed by atoms with Gasteiger partial charge in [-0.05, 0) is 94.4 Å². The molecule has 0 saturated carbocycles. The normalized spacial score (nSPS) is 11.8. The molecular weight excluding hydrogens is 587 g/mol. The van der Waals surface area contributed by atoms with Crippen LogP contribution in [0.5, 0.6) is 5.75 Å². The maximum atomic E-state index is 13.1. The zero-order valence-corrected chi connectivity index (χ0v) is 26.5. The van der Waals surface area contributed by atoms with Crippen molar-refractivity contribution in [2.45, 2.75) is 105 Å². The van der Waals surface area contributed by atoms with Gasteiger partial charge in [-0.15, -0.1) is 11.5 Å². The first-order valence-corrected chi connectivity index (χ1v) is 16.2. The van der Waals surface area contributed by atoms with Gasteiger partial charge in [-0.2, -0.15) is 0 Å². The van der Waals surface area contributed by atoms with Gasteiger partial charge in [0.05, 0.1) is 6.54 Å². The van der Waals surface area contributed by atoms with Gasteiger partial charge >= 0.3 is 12.2 Å². The lowest BCUT2D eigenvalue weighted by Gasteiger charge is -2.28. The number of rotatable bonds is 8. The number of halogens is 1. The summed E-state index contributed by atoms with van der Waals surface area (Å²) in [4.78, 5) is 27.1. The fourth-order valence-electron chi connectivity index (χ4n) is 3.43. The van der Waals surface area contributed by atoms with Crippen LogP contribution in [0.2, 0.25) is 18.1 Å². The number of benzene rings is 1. The Morgan fingerprint density at radius 3 is 2.06 bits per heavy atom. The summed E-state index contributed by atoms with van der Waals surface area (Å²) >= 11 is 2.10. The minimum atomic E-state index is -1.58. The van der Waals surface area contributed by atoms with Gasteiger partial charge in [0.1, 0.15) is 25.0 Å². The summed E-state index contributed by atoms with van der Waals surface area (Å²) in [5.74, 6) is 3.63. The third-order valence-electron chi connectivity index (χ3n) is 5.70. The van der Waals surface area contributed by atoms with Gasteiger partial charge < -0.3 is 24.8 Å². The number of nitrogens with two attached hydrogens (primary N) is 1. The molecule has 0 aliphatic rings. The molecule has 1 rings (SSSR count). The average Bonchev–Trinajstić information content (AvgIpc) is 2.75. The summed E-state index contributed by atoms with van der Waals surface area (Å²) in [5, 5.41) is 0. The van der Waals surface area contributed by atoms with Gasteiger partial charge in [0.2, 0.25) is 0 Å². The Labute approximate surface area is 232 Å². The van der Waals surface area contributed by atoms with E-state index in [1.165, 1.54) is 0 Å². The van der Waals surface area contributed by atoms with Crippen LogP contribution < -0.4 is 10.5 Å². The molecule has 7 nitrogen and oxygen atoms in total. The first-order chi connectivity index (χ1) is 16.6. The molecule has 0 atom stereocenters. The average molecular weight is 631 g/mol. The van der Waals surface area contributed by atoms with Gasteiger partial charge in [0.25, 0.3) is 0 Å². The Morgan fingerprint density at radius 2 is 1.56 bits per heavy atom. The molecular formula is C27H43IN2O5Si. The van der Waals surface area contributed by atoms with Gasteiger partial charge in [0.15, 0.2) is 0 Å². The first-order valence-electron chi connectivity index (χ1n) is 12.5. The lowest BCUT2D eigenvalue weighted by molar-refractivity contribution is 0.0198. The van der Waals surface area contributed by atoms with Crippen LogP contribution in [0.1, 0.15) is 74.3 Å². The smallest absolute Gasteiger partial charge is 0.444 e. The van der Waals surface area contributed by atoms with E-state index in [2.05, 4.69) is 54.8 Å². The number of anilines is 1. The van der Waals surface area contributed by atoms with Crippen molar-refractivity contribution in [1.29, 1.82) is 0 Å². The highest BCUT2D eigenvalue weighted by Gasteiger charge is 2.27. The van der Waals surface area contributed by atoms with Crippen LogP contribution in [-0.2, 0) is 16.0 Å². The molecule has 202 valence electrons. The number of nitrogens with zero attached hydrogens (tertiary/aromatic N) is 1. The van der Waals surface area contributed by atoms with Gasteiger partial charge in [-0.1, -0.05) is 20.8 Å². The standard InChI is InChI=1S/C27H43IN2O5Si/c1-10-36(11-2,12-3)18-14-13-17-30(24(31)34-26(4,5)6)19-20-22(16-15-21(29)23(20)28)33-25(32)35-27(7,8)9/h15-16H,10-13,17,19,29H2,1-9H3. The molecule has 0 bridgehead atoms. The van der Waals surface area contributed by atoms with Crippen LogP contribution in [0.25, 0.3) is 0 Å². The Kier molecular flexibility index (Phi) is 12.1. The minimum Gasteiger partial charge on any atom is -0.444 e. The molecule has 0 spiro atoms. The van der Waals surface area contributed by atoms with E-state index in [4.69, 9.17) is 19.9 Å². The molecule has 0 aromatic heterocycles. The molecule has 0 fully saturated rings. The minimum absolute atomic E-state index is 0.149. The molecule has 0 radical (unpaired) electrons. The highest BCUT2D eigenvalue weighted by atomic mass is 127. The summed E-state index contributed by atoms with van der Waals surface area (Å²) in [6.07, 6.45) is -0.760. The number of amides is 1. The van der Waals surface area contributed by atoms with Crippen molar-refractivity contribution in [2.75, 3.05) is 12.3 Å². The maximum absolute atomic E-state index is 13.1. The second-order valence-corrected chi connectivity index (χ2v) is 16.8. The topological polar surface area (TPSA) is 91.1 Å². The SMILES string of the molecule is CC[Si](C#CCCN(Cc1c(OC(=O)OC(C)(C)C)ccc(N)c1I)C(=O)OC(C)(C)C)(CC)CC. The third-order valence-corrected chi connectivity index (χ3v) is 11.7. The molecule has 0 aliphatic carbocycles. The van der Waals surface area contributed by atoms with Crippen LogP contribution in [0.3, 0.4) is 0 Å². The van der Waals surface area contributed by atoms with Crippen molar-refractivity contribution in [2.24, 2.45) is 0 Å². The maximum Gasteiger partial charge on any atom is 0.514 e. The molecule has 1 amide bonds. The molecule has 0 unspecified atom stereocenters. The number of carbonyl (C=O) groups is 2. The molecule has 1 aromatic carbocycles. The lowest BCUT2D eigenvalue weighted by Crippen LogP contribution is -2.37. The highest BCUT2D eigenvalue weighted by molar-refractivity contribution is 14.1. The van der Waals surface area contributed by atoms with E-state index < -0.39 is 31.5 Å². The van der Waals surface area contributed by atoms with Crippen LogP contribution in [0.15, 0.2) is 12.1 Å². The van der Waals surface area contributed by atoms with Gasteiger partial charge in [-0.3, -0.25) is 0 Å². The van der Waals surface area contributed by atoms with Crippen molar-refractivity contribution in [3.63, 3.8) is 0 Å². The van der Waals surface area contributed by atoms with Gasteiger partial charge in [-0.25, -0.2) is 9.59 Å². The van der Waals surface area contributed by atoms with E-state index in [0.29, 0.717) is 27.8 Å². The predicted molar refractivity (Wildman–Crippen MR) is 157 cm³/mol. The van der Waals surface area contributed by atoms with Crippen molar-refractivity contribution in [1.82, 2.24) is 4.90 Å². The van der Waals surface area contributed by atoms with Crippen molar-refractivity contribution in [3.8, 4) is 17.2 Å². The van der Waals surface area contributed by atoms with E-state index in [9.17, 15) is 9.59 Å². The number of hydrogen-bond donors (Lipinski definition) is 1. The number of hydrogen-bond acceptors (Lipinski definition) is 6. The number of carbonyl (C=O) groups excluding carboxylic acids is 2. The molecule has 0 saturated heterocycles. The van der Waals surface area contributed by atoms with Crippen molar-refractivity contribution in [3.05, 3.63) is 21.3 Å². The van der Waals surface area contributed by atoms with Crippen molar-refractivity contribution >= 4 is 48.6 Å². The molecule has 1 aromatic rings. The Morgan fingerprint density at radius 1 is 1.00 bits per heavy atom. The first kappa shape index (κ1) is 32.1. The fourth-order valence-corrected chi connectivity index (χ4v) is 6.58. The molecule has 0 heterocycles. The highest BCUT2D eigenvalue weighted by Crippen LogP contribution is 2.31. The zero-order valence-electron chi connectivity index (χ0n) is 23.3. The van der Waals surface area contributed by atoms with E-state index in [0.717, 1.165) is 18.1 Å². The molecule has 36 heavy (non-hydrogen) atoms. The van der Waals surface area contributed by atoms with Crippen LogP contribution in [0.4, 0.5) is 15.3 Å². The Balaban J connectivity index is 3.28. The number of ether oxygens (including phenoxy) is 3. The molecule has 2 N–H and O–H groups in total. The molecule has 9 heteroatoms. The van der Waals surface area contributed by atoms with Crippen LogP contribution in [0, 0.1) is 15.0 Å². The Bertz CT molecular complexity index is 961. The molecule has 0 aliphatic heterocycles. The van der Waals surface area contributed by atoms with Crippen LogP contribution in [-0.4, -0.2) is 43.0 Å². The largest absolute Gasteiger partial charge is 0.514 e. The summed E-state index contributed by atoms with van der Waals surface area (Å²) in [6.45, 7) is 17.9. The quantitative estimate of drug-likeness (QED) is 0.0806. The Hall–Kier alpha value is -1.93. The van der Waals surface area contributed by atoms with E-state index in [-0.39, 0.29) is 12.3 Å². The summed E-state index contributed by atoms with van der Waals surface area (Å²) in [7, 11) is -1.58. The lowest BCUT2D eigenvalue weighted by atomic mass is 10.1. The predicted octanol–water partition coefficient (Wildman–Crippen LogP) is 7.37. The van der Waals surface area contributed by atoms with E-state index in [1.54, 1.807) is 37.8 Å². The van der Waals surface area contributed by atoms with Crippen molar-refractivity contribution < 1.29 is 23.8 Å². The zero-order chi connectivity index (χ0) is 27.7. The summed E-state index contributed by atoms with van der Waals surface area (Å²) < 4.78 is 17.2. The number of nitrogen functional groups attached to an aromatic ring is 1.